The monoisotopic (exact) mass is 355 g/mol. The lowest BCUT2D eigenvalue weighted by Gasteiger charge is -2.32. The van der Waals surface area contributed by atoms with Crippen molar-refractivity contribution in [2.75, 3.05) is 32.1 Å². The summed E-state index contributed by atoms with van der Waals surface area (Å²) in [5.41, 5.74) is 0.947. The van der Waals surface area contributed by atoms with E-state index in [0.29, 0.717) is 6.42 Å². The van der Waals surface area contributed by atoms with Crippen LogP contribution in [0.25, 0.3) is 0 Å². The largest absolute Gasteiger partial charge is 0.496 e. The maximum Gasteiger partial charge on any atom is 0.227 e. The first-order valence-corrected chi connectivity index (χ1v) is 8.44. The number of rotatable bonds is 6. The van der Waals surface area contributed by atoms with Crippen molar-refractivity contribution in [1.82, 2.24) is 4.90 Å². The molecule has 0 unspecified atom stereocenters. The molecule has 0 aliphatic carbocycles. The van der Waals surface area contributed by atoms with Gasteiger partial charge >= 0.3 is 0 Å². The fraction of sp³-hybridized carbons (Fsp3) is 0.562. The molecule has 1 fully saturated rings. The first-order valence-electron chi connectivity index (χ1n) is 7.32. The van der Waals surface area contributed by atoms with Gasteiger partial charge in [-0.1, -0.05) is 34.1 Å². The van der Waals surface area contributed by atoms with Crippen LogP contribution in [-0.4, -0.2) is 49.0 Å². The number of nitrogens with zero attached hydrogens (tertiary/aromatic N) is 1. The minimum Gasteiger partial charge on any atom is -0.496 e. The number of hydrogen-bond donors (Lipinski definition) is 0. The number of hydrogen-bond acceptors (Lipinski definition) is 3. The second-order valence-corrected chi connectivity index (χ2v) is 5.92. The summed E-state index contributed by atoms with van der Waals surface area (Å²) in [4.78, 5) is 14.3. The van der Waals surface area contributed by atoms with Gasteiger partial charge in [0.15, 0.2) is 0 Å². The van der Waals surface area contributed by atoms with Crippen LogP contribution in [-0.2, 0) is 16.0 Å². The molecule has 0 aromatic heterocycles. The highest BCUT2D eigenvalue weighted by Crippen LogP contribution is 2.20. The summed E-state index contributed by atoms with van der Waals surface area (Å²) in [5.74, 6) is 0.944. The molecule has 1 heterocycles. The summed E-state index contributed by atoms with van der Waals surface area (Å²) >= 11 is 3.36. The predicted octanol–water partition coefficient (Wildman–Crippen LogP) is 2.64. The van der Waals surface area contributed by atoms with Crippen molar-refractivity contribution in [3.63, 3.8) is 0 Å². The lowest BCUT2D eigenvalue weighted by Crippen LogP contribution is -2.41. The van der Waals surface area contributed by atoms with E-state index in [9.17, 15) is 4.79 Å². The van der Waals surface area contributed by atoms with Crippen molar-refractivity contribution in [3.8, 4) is 5.75 Å². The molecule has 1 aromatic rings. The van der Waals surface area contributed by atoms with Crippen LogP contribution in [0.3, 0.4) is 0 Å². The van der Waals surface area contributed by atoms with Crippen LogP contribution in [0.4, 0.5) is 0 Å². The number of ether oxygens (including phenoxy) is 2. The van der Waals surface area contributed by atoms with Gasteiger partial charge < -0.3 is 14.4 Å². The zero-order valence-corrected chi connectivity index (χ0v) is 14.0. The zero-order valence-electron chi connectivity index (χ0n) is 12.4. The molecule has 5 heteroatoms. The minimum atomic E-state index is 0.165. The molecule has 1 saturated heterocycles. The highest BCUT2D eigenvalue weighted by Gasteiger charge is 2.23. The number of alkyl halides is 1. The van der Waals surface area contributed by atoms with Gasteiger partial charge in [-0.3, -0.25) is 4.79 Å². The van der Waals surface area contributed by atoms with E-state index in [4.69, 9.17) is 9.47 Å². The van der Waals surface area contributed by atoms with Crippen molar-refractivity contribution in [2.45, 2.75) is 25.4 Å². The number of benzene rings is 1. The van der Waals surface area contributed by atoms with Gasteiger partial charge in [0, 0.05) is 24.0 Å². The van der Waals surface area contributed by atoms with Crippen molar-refractivity contribution in [1.29, 1.82) is 0 Å². The van der Waals surface area contributed by atoms with E-state index in [0.717, 1.165) is 49.2 Å². The number of halogens is 1. The average Bonchev–Trinajstić information content (AvgIpc) is 2.54. The molecule has 1 amide bonds. The smallest absolute Gasteiger partial charge is 0.227 e. The first-order chi connectivity index (χ1) is 10.2. The SMILES string of the molecule is COc1ccccc1CC(=O)N1CCC(OCCBr)CC1. The molecule has 2 rings (SSSR count). The van der Waals surface area contributed by atoms with E-state index in [1.165, 1.54) is 0 Å². The molecule has 0 spiro atoms. The Kier molecular flexibility index (Phi) is 6.51. The molecule has 1 aromatic carbocycles. The van der Waals surface area contributed by atoms with Gasteiger partial charge in [0.05, 0.1) is 26.2 Å². The van der Waals surface area contributed by atoms with Gasteiger partial charge in [0.1, 0.15) is 5.75 Å². The standard InChI is InChI=1S/C16H22BrNO3/c1-20-15-5-3-2-4-13(15)12-16(19)18-9-6-14(7-10-18)21-11-8-17/h2-5,14H,6-12H2,1H3. The molecule has 1 aliphatic heterocycles. The number of methoxy groups -OCH3 is 1. The van der Waals surface area contributed by atoms with E-state index in [-0.39, 0.29) is 12.0 Å². The van der Waals surface area contributed by atoms with Gasteiger partial charge in [0.2, 0.25) is 5.91 Å². The third-order valence-electron chi connectivity index (χ3n) is 3.76. The number of para-hydroxylation sites is 1. The molecular weight excluding hydrogens is 334 g/mol. The lowest BCUT2D eigenvalue weighted by atomic mass is 10.1. The Bertz CT molecular complexity index is 459. The third kappa shape index (κ3) is 4.71. The second kappa shape index (κ2) is 8.39. The fourth-order valence-corrected chi connectivity index (χ4v) is 2.79. The van der Waals surface area contributed by atoms with Gasteiger partial charge in [-0.25, -0.2) is 0 Å². The lowest BCUT2D eigenvalue weighted by molar-refractivity contribution is -0.133. The summed E-state index contributed by atoms with van der Waals surface area (Å²) in [5, 5.41) is 0.861. The highest BCUT2D eigenvalue weighted by atomic mass is 79.9. The molecule has 0 N–H and O–H groups in total. The van der Waals surface area contributed by atoms with Crippen LogP contribution in [0.5, 0.6) is 5.75 Å². The van der Waals surface area contributed by atoms with Crippen LogP contribution in [0, 0.1) is 0 Å². The van der Waals surface area contributed by atoms with E-state index in [1.807, 2.05) is 29.2 Å². The van der Waals surface area contributed by atoms with Gasteiger partial charge in [-0.15, -0.1) is 0 Å². The maximum atomic E-state index is 12.4. The highest BCUT2D eigenvalue weighted by molar-refractivity contribution is 9.09. The number of amides is 1. The van der Waals surface area contributed by atoms with E-state index in [2.05, 4.69) is 15.9 Å². The molecule has 116 valence electrons. The van der Waals surface area contributed by atoms with Crippen molar-refractivity contribution in [3.05, 3.63) is 29.8 Å². The van der Waals surface area contributed by atoms with Crippen molar-refractivity contribution >= 4 is 21.8 Å². The number of piperidine rings is 1. The minimum absolute atomic E-state index is 0.165. The molecule has 0 radical (unpaired) electrons. The molecule has 4 nitrogen and oxygen atoms in total. The molecule has 21 heavy (non-hydrogen) atoms. The van der Waals surface area contributed by atoms with Crippen molar-refractivity contribution in [2.24, 2.45) is 0 Å². The number of likely N-dealkylation sites (tertiary alicyclic amines) is 1. The molecular formula is C16H22BrNO3. The summed E-state index contributed by atoms with van der Waals surface area (Å²) in [6.07, 6.45) is 2.53. The van der Waals surface area contributed by atoms with Crippen LogP contribution in [0.2, 0.25) is 0 Å². The quantitative estimate of drug-likeness (QED) is 0.736. The zero-order chi connectivity index (χ0) is 15.1. The van der Waals surface area contributed by atoms with Crippen LogP contribution in [0.1, 0.15) is 18.4 Å². The van der Waals surface area contributed by atoms with E-state index >= 15 is 0 Å². The molecule has 1 aliphatic rings. The van der Waals surface area contributed by atoms with Gasteiger partial charge in [-0.2, -0.15) is 0 Å². The molecule has 0 bridgehead atoms. The first kappa shape index (κ1) is 16.3. The van der Waals surface area contributed by atoms with Gasteiger partial charge in [0.25, 0.3) is 0 Å². The predicted molar refractivity (Wildman–Crippen MR) is 86.0 cm³/mol. The Balaban J connectivity index is 1.85. The van der Waals surface area contributed by atoms with Gasteiger partial charge in [-0.05, 0) is 18.9 Å². The summed E-state index contributed by atoms with van der Waals surface area (Å²) in [6, 6.07) is 7.69. The third-order valence-corrected chi connectivity index (χ3v) is 4.08. The van der Waals surface area contributed by atoms with E-state index < -0.39 is 0 Å². The van der Waals surface area contributed by atoms with Crippen LogP contribution < -0.4 is 4.74 Å². The molecule has 0 atom stereocenters. The Morgan fingerprint density at radius 1 is 1.33 bits per heavy atom. The topological polar surface area (TPSA) is 38.8 Å². The Hall–Kier alpha value is -1.07. The summed E-state index contributed by atoms with van der Waals surface area (Å²) in [6.45, 7) is 2.29. The normalized spacial score (nSPS) is 16.0. The van der Waals surface area contributed by atoms with E-state index in [1.54, 1.807) is 7.11 Å². The van der Waals surface area contributed by atoms with Crippen molar-refractivity contribution < 1.29 is 14.3 Å². The Morgan fingerprint density at radius 2 is 2.05 bits per heavy atom. The second-order valence-electron chi connectivity index (χ2n) is 5.13. The molecule has 0 saturated carbocycles. The van der Waals surface area contributed by atoms with Crippen LogP contribution >= 0.6 is 15.9 Å². The maximum absolute atomic E-state index is 12.4. The summed E-state index contributed by atoms with van der Waals surface area (Å²) < 4.78 is 11.0. The van der Waals surface area contributed by atoms with Crippen LogP contribution in [0.15, 0.2) is 24.3 Å². The fourth-order valence-electron chi connectivity index (χ4n) is 2.61. The summed E-state index contributed by atoms with van der Waals surface area (Å²) in [7, 11) is 1.63. The Labute approximate surface area is 134 Å². The Morgan fingerprint density at radius 3 is 2.71 bits per heavy atom. The number of carbonyl (C=O) groups excluding carboxylic acids is 1. The average molecular weight is 356 g/mol. The number of carbonyl (C=O) groups is 1.